The average Bonchev–Trinajstić information content (AvgIpc) is 3.70. The molecule has 9 aromatic rings. The van der Waals surface area contributed by atoms with Gasteiger partial charge in [-0.05, 0) is 64.2 Å². The summed E-state index contributed by atoms with van der Waals surface area (Å²) in [4.78, 5) is 5.15. The highest BCUT2D eigenvalue weighted by Gasteiger charge is 2.27. The molecule has 0 saturated carbocycles. The second-order valence-corrected chi connectivity index (χ2v) is 12.2. The summed E-state index contributed by atoms with van der Waals surface area (Å²) in [6.45, 7) is 0. The first-order chi connectivity index (χ1) is 20.8. The molecular formula is C39H22N2S. The summed E-state index contributed by atoms with van der Waals surface area (Å²) in [6.07, 6.45) is 2.04. The van der Waals surface area contributed by atoms with Gasteiger partial charge in [0.2, 0.25) is 0 Å². The molecule has 3 aromatic heterocycles. The summed E-state index contributed by atoms with van der Waals surface area (Å²) in [7, 11) is 0. The van der Waals surface area contributed by atoms with Crippen molar-refractivity contribution in [2.75, 3.05) is 0 Å². The van der Waals surface area contributed by atoms with E-state index in [1.807, 2.05) is 17.5 Å². The number of hydrogen-bond donors (Lipinski definition) is 0. The minimum atomic E-state index is 0.991. The molecule has 0 radical (unpaired) electrons. The largest absolute Gasteiger partial charge is 0.293 e. The van der Waals surface area contributed by atoms with Crippen molar-refractivity contribution >= 4 is 64.1 Å². The van der Waals surface area contributed by atoms with Crippen molar-refractivity contribution < 1.29 is 0 Å². The summed E-state index contributed by atoms with van der Waals surface area (Å²) < 4.78 is 5.04. The van der Waals surface area contributed by atoms with E-state index in [9.17, 15) is 0 Å². The Labute approximate surface area is 245 Å². The van der Waals surface area contributed by atoms with Gasteiger partial charge in [0.15, 0.2) is 0 Å². The van der Waals surface area contributed by atoms with Gasteiger partial charge in [-0.3, -0.25) is 4.57 Å². The molecule has 3 heterocycles. The molecule has 194 valence electrons. The van der Waals surface area contributed by atoms with Crippen LogP contribution in [0.15, 0.2) is 134 Å². The molecular weight excluding hydrogens is 529 g/mol. The van der Waals surface area contributed by atoms with Gasteiger partial charge >= 0.3 is 0 Å². The predicted octanol–water partition coefficient (Wildman–Crippen LogP) is 11.0. The predicted molar refractivity (Wildman–Crippen MR) is 179 cm³/mol. The van der Waals surface area contributed by atoms with Crippen molar-refractivity contribution in [1.29, 1.82) is 0 Å². The first-order valence-electron chi connectivity index (χ1n) is 14.3. The third kappa shape index (κ3) is 2.90. The minimum Gasteiger partial charge on any atom is -0.293 e. The van der Waals surface area contributed by atoms with E-state index >= 15 is 0 Å². The Balaban J connectivity index is 1.25. The van der Waals surface area contributed by atoms with Gasteiger partial charge in [0, 0.05) is 53.5 Å². The Kier molecular flexibility index (Phi) is 4.36. The summed E-state index contributed by atoms with van der Waals surface area (Å²) in [5, 5.41) is 7.62. The highest BCUT2D eigenvalue weighted by Crippen LogP contribution is 2.50. The van der Waals surface area contributed by atoms with Gasteiger partial charge in [-0.25, -0.2) is 4.98 Å². The molecule has 0 unspecified atom stereocenters. The van der Waals surface area contributed by atoms with Gasteiger partial charge < -0.3 is 0 Å². The second-order valence-electron chi connectivity index (χ2n) is 11.2. The number of nitrogens with zero attached hydrogens (tertiary/aromatic N) is 2. The SMILES string of the molecule is c1ccc2c(c1)-c1cccc3cnc(-n4c5ccccc5c5cc(-c6ccc7sc8ccccc8c7c6)ccc54)c-2c13. The van der Waals surface area contributed by atoms with Gasteiger partial charge in [-0.1, -0.05) is 91.0 Å². The van der Waals surface area contributed by atoms with E-state index in [2.05, 4.69) is 132 Å². The topological polar surface area (TPSA) is 17.8 Å². The third-order valence-corrected chi connectivity index (χ3v) is 10.1. The summed E-state index contributed by atoms with van der Waals surface area (Å²) in [5.74, 6) is 0.991. The summed E-state index contributed by atoms with van der Waals surface area (Å²) in [5.41, 5.74) is 9.87. The molecule has 0 N–H and O–H groups in total. The Morgan fingerprint density at radius 2 is 1.19 bits per heavy atom. The number of pyridine rings is 1. The summed E-state index contributed by atoms with van der Waals surface area (Å²) in [6, 6.07) is 46.6. The molecule has 0 amide bonds. The van der Waals surface area contributed by atoms with Crippen molar-refractivity contribution in [3.8, 4) is 39.2 Å². The van der Waals surface area contributed by atoms with E-state index in [-0.39, 0.29) is 0 Å². The molecule has 0 aliphatic heterocycles. The summed E-state index contributed by atoms with van der Waals surface area (Å²) >= 11 is 1.86. The smallest absolute Gasteiger partial charge is 0.146 e. The lowest BCUT2D eigenvalue weighted by molar-refractivity contribution is 1.09. The maximum Gasteiger partial charge on any atom is 0.146 e. The van der Waals surface area contributed by atoms with Crippen LogP contribution in [0.25, 0.3) is 91.9 Å². The third-order valence-electron chi connectivity index (χ3n) is 8.98. The van der Waals surface area contributed by atoms with Crippen LogP contribution in [0.4, 0.5) is 0 Å². The molecule has 0 spiro atoms. The van der Waals surface area contributed by atoms with E-state index in [0.717, 1.165) is 5.82 Å². The molecule has 0 bridgehead atoms. The lowest BCUT2D eigenvalue weighted by Crippen LogP contribution is -2.00. The monoisotopic (exact) mass is 550 g/mol. The number of aromatic nitrogens is 2. The first-order valence-corrected chi connectivity index (χ1v) is 15.1. The lowest BCUT2D eigenvalue weighted by atomic mass is 10.0. The van der Waals surface area contributed by atoms with Crippen molar-refractivity contribution in [3.05, 3.63) is 134 Å². The molecule has 0 atom stereocenters. The number of para-hydroxylation sites is 1. The lowest BCUT2D eigenvalue weighted by Gasteiger charge is -2.13. The highest BCUT2D eigenvalue weighted by molar-refractivity contribution is 7.25. The van der Waals surface area contributed by atoms with E-state index in [1.165, 1.54) is 86.1 Å². The molecule has 3 heteroatoms. The maximum atomic E-state index is 5.15. The fourth-order valence-electron chi connectivity index (χ4n) is 7.14. The minimum absolute atomic E-state index is 0.991. The van der Waals surface area contributed by atoms with E-state index < -0.39 is 0 Å². The molecule has 10 rings (SSSR count). The van der Waals surface area contributed by atoms with Crippen LogP contribution in [0.5, 0.6) is 0 Å². The Morgan fingerprint density at radius 3 is 2.12 bits per heavy atom. The van der Waals surface area contributed by atoms with E-state index in [4.69, 9.17) is 4.98 Å². The number of hydrogen-bond acceptors (Lipinski definition) is 2. The quantitative estimate of drug-likeness (QED) is 0.209. The molecule has 6 aromatic carbocycles. The number of thiophene rings is 1. The zero-order valence-corrected chi connectivity index (χ0v) is 23.3. The van der Waals surface area contributed by atoms with Gasteiger partial charge in [0.25, 0.3) is 0 Å². The van der Waals surface area contributed by atoms with Crippen molar-refractivity contribution in [1.82, 2.24) is 9.55 Å². The van der Waals surface area contributed by atoms with Crippen LogP contribution in [-0.2, 0) is 0 Å². The first kappa shape index (κ1) is 22.4. The molecule has 42 heavy (non-hydrogen) atoms. The van der Waals surface area contributed by atoms with Gasteiger partial charge in [-0.2, -0.15) is 0 Å². The van der Waals surface area contributed by atoms with Crippen molar-refractivity contribution in [3.63, 3.8) is 0 Å². The Morgan fingerprint density at radius 1 is 0.500 bits per heavy atom. The second kappa shape index (κ2) is 8.16. The van der Waals surface area contributed by atoms with Crippen LogP contribution in [0.1, 0.15) is 0 Å². The van der Waals surface area contributed by atoms with Gasteiger partial charge in [0.05, 0.1) is 11.0 Å². The zero-order valence-electron chi connectivity index (χ0n) is 22.5. The van der Waals surface area contributed by atoms with Crippen molar-refractivity contribution in [2.24, 2.45) is 0 Å². The number of benzene rings is 6. The Bertz CT molecular complexity index is 2580. The molecule has 1 aliphatic rings. The number of rotatable bonds is 2. The Hall–Kier alpha value is -5.25. The van der Waals surface area contributed by atoms with E-state index in [1.54, 1.807) is 0 Å². The van der Waals surface area contributed by atoms with Gasteiger partial charge in [-0.15, -0.1) is 11.3 Å². The highest BCUT2D eigenvalue weighted by atomic mass is 32.1. The van der Waals surface area contributed by atoms with E-state index in [0.29, 0.717) is 0 Å². The number of fused-ring (bicyclic) bond motifs is 9. The molecule has 0 fully saturated rings. The normalized spacial score (nSPS) is 12.3. The van der Waals surface area contributed by atoms with Crippen LogP contribution in [0, 0.1) is 0 Å². The maximum absolute atomic E-state index is 5.15. The fourth-order valence-corrected chi connectivity index (χ4v) is 8.22. The molecule has 0 saturated heterocycles. The molecule has 2 nitrogen and oxygen atoms in total. The van der Waals surface area contributed by atoms with Crippen LogP contribution in [0.2, 0.25) is 0 Å². The van der Waals surface area contributed by atoms with Crippen molar-refractivity contribution in [2.45, 2.75) is 0 Å². The standard InChI is InChI=1S/C39H22N2S/c1-2-12-30-26(9-1)29-13-7-8-25-22-40-39(38(30)37(25)29)41-33-14-5-3-10-27(33)31-20-23(16-18-34(31)41)24-17-19-36-32(21-24)28-11-4-6-15-35(28)42-36/h1-22H. The van der Waals surface area contributed by atoms with Gasteiger partial charge in [0.1, 0.15) is 5.82 Å². The fraction of sp³-hybridized carbons (Fsp3) is 0. The van der Waals surface area contributed by atoms with Crippen LogP contribution < -0.4 is 0 Å². The zero-order chi connectivity index (χ0) is 27.4. The van der Waals surface area contributed by atoms with Crippen LogP contribution in [-0.4, -0.2) is 9.55 Å². The average molecular weight is 551 g/mol. The molecule has 1 aliphatic carbocycles. The van der Waals surface area contributed by atoms with Crippen LogP contribution in [0.3, 0.4) is 0 Å². The van der Waals surface area contributed by atoms with Crippen LogP contribution >= 0.6 is 11.3 Å².